The molecule has 0 saturated heterocycles. The van der Waals surface area contributed by atoms with Crippen LogP contribution in [0.25, 0.3) is 0 Å². The van der Waals surface area contributed by atoms with Gasteiger partial charge in [0.05, 0.1) is 6.10 Å². The van der Waals surface area contributed by atoms with E-state index in [0.717, 1.165) is 6.42 Å². The van der Waals surface area contributed by atoms with Crippen LogP contribution >= 0.6 is 0 Å². The van der Waals surface area contributed by atoms with E-state index in [1.54, 1.807) is 0 Å². The lowest BCUT2D eigenvalue weighted by Gasteiger charge is -2.50. The number of aliphatic hydroxyl groups is 1. The molecule has 0 amide bonds. The standard InChI is InChI=1S/C16H23NO/c1-10-4-5-11-6-7-13(12(11)8-10)17-14-9-15(18)16(14,2)3/h4-5,8,13-15,17-18H,6-7,9H2,1-3H3. The first-order valence-corrected chi connectivity index (χ1v) is 7.02. The third kappa shape index (κ3) is 1.79. The maximum Gasteiger partial charge on any atom is 0.0621 e. The zero-order valence-electron chi connectivity index (χ0n) is 11.5. The second-order valence-corrected chi connectivity index (χ2v) is 6.59. The molecule has 3 rings (SSSR count). The van der Waals surface area contributed by atoms with E-state index >= 15 is 0 Å². The van der Waals surface area contributed by atoms with Crippen LogP contribution in [0.1, 0.15) is 49.4 Å². The van der Waals surface area contributed by atoms with E-state index in [1.165, 1.54) is 29.5 Å². The molecule has 2 nitrogen and oxygen atoms in total. The molecule has 1 saturated carbocycles. The Morgan fingerprint density at radius 1 is 1.33 bits per heavy atom. The summed E-state index contributed by atoms with van der Waals surface area (Å²) in [5.74, 6) is 0. The van der Waals surface area contributed by atoms with Gasteiger partial charge in [-0.15, -0.1) is 0 Å². The van der Waals surface area contributed by atoms with Crippen molar-refractivity contribution >= 4 is 0 Å². The van der Waals surface area contributed by atoms with Crippen molar-refractivity contribution in [1.29, 1.82) is 0 Å². The number of aryl methyl sites for hydroxylation is 2. The van der Waals surface area contributed by atoms with Crippen LogP contribution in [0.3, 0.4) is 0 Å². The summed E-state index contributed by atoms with van der Waals surface area (Å²) in [6.45, 7) is 6.47. The highest BCUT2D eigenvalue weighted by Crippen LogP contribution is 2.43. The third-order valence-electron chi connectivity index (χ3n) is 5.00. The molecule has 0 radical (unpaired) electrons. The average Bonchev–Trinajstić information content (AvgIpc) is 2.71. The lowest BCUT2D eigenvalue weighted by Crippen LogP contribution is -2.60. The second-order valence-electron chi connectivity index (χ2n) is 6.59. The third-order valence-corrected chi connectivity index (χ3v) is 5.00. The van der Waals surface area contributed by atoms with Gasteiger partial charge in [0.1, 0.15) is 0 Å². The number of nitrogens with one attached hydrogen (secondary N) is 1. The van der Waals surface area contributed by atoms with E-state index in [1.807, 2.05) is 0 Å². The van der Waals surface area contributed by atoms with Gasteiger partial charge in [-0.25, -0.2) is 0 Å². The lowest BCUT2D eigenvalue weighted by molar-refractivity contribution is -0.0760. The maximum absolute atomic E-state index is 9.82. The number of hydrogen-bond acceptors (Lipinski definition) is 2. The van der Waals surface area contributed by atoms with Crippen LogP contribution in [0.15, 0.2) is 18.2 Å². The van der Waals surface area contributed by atoms with Crippen molar-refractivity contribution < 1.29 is 5.11 Å². The van der Waals surface area contributed by atoms with E-state index in [0.29, 0.717) is 12.1 Å². The van der Waals surface area contributed by atoms with Crippen molar-refractivity contribution in [2.24, 2.45) is 5.41 Å². The number of rotatable bonds is 2. The quantitative estimate of drug-likeness (QED) is 0.839. The molecule has 98 valence electrons. The second kappa shape index (κ2) is 4.07. The Bertz CT molecular complexity index is 466. The molecule has 1 fully saturated rings. The van der Waals surface area contributed by atoms with Crippen molar-refractivity contribution in [3.05, 3.63) is 34.9 Å². The molecule has 3 atom stereocenters. The number of benzene rings is 1. The fourth-order valence-corrected chi connectivity index (χ4v) is 3.32. The van der Waals surface area contributed by atoms with E-state index in [9.17, 15) is 5.11 Å². The summed E-state index contributed by atoms with van der Waals surface area (Å²) in [6, 6.07) is 7.73. The molecule has 1 aromatic carbocycles. The molecule has 18 heavy (non-hydrogen) atoms. The van der Waals surface area contributed by atoms with Crippen molar-refractivity contribution in [1.82, 2.24) is 5.32 Å². The van der Waals surface area contributed by atoms with Crippen LogP contribution in [-0.2, 0) is 6.42 Å². The first-order valence-electron chi connectivity index (χ1n) is 7.02. The summed E-state index contributed by atoms with van der Waals surface area (Å²) in [5.41, 5.74) is 4.34. The molecule has 3 unspecified atom stereocenters. The van der Waals surface area contributed by atoms with Gasteiger partial charge in [0, 0.05) is 17.5 Å². The van der Waals surface area contributed by atoms with Crippen LogP contribution < -0.4 is 5.32 Å². The summed E-state index contributed by atoms with van der Waals surface area (Å²) in [4.78, 5) is 0. The number of fused-ring (bicyclic) bond motifs is 1. The SMILES string of the molecule is Cc1ccc2c(c1)C(NC1CC(O)C1(C)C)CC2. The van der Waals surface area contributed by atoms with Crippen LogP contribution in [0, 0.1) is 12.3 Å². The zero-order valence-corrected chi connectivity index (χ0v) is 11.5. The predicted molar refractivity (Wildman–Crippen MR) is 73.6 cm³/mol. The maximum atomic E-state index is 9.82. The van der Waals surface area contributed by atoms with Crippen LogP contribution in [0.5, 0.6) is 0 Å². The van der Waals surface area contributed by atoms with Crippen LogP contribution in [0.2, 0.25) is 0 Å². The highest BCUT2D eigenvalue weighted by Gasteiger charge is 2.48. The largest absolute Gasteiger partial charge is 0.392 e. The molecular weight excluding hydrogens is 222 g/mol. The van der Waals surface area contributed by atoms with Gasteiger partial charge in [-0.1, -0.05) is 37.6 Å². The molecule has 0 spiro atoms. The molecule has 0 bridgehead atoms. The molecule has 2 aliphatic rings. The Morgan fingerprint density at radius 2 is 2.11 bits per heavy atom. The smallest absolute Gasteiger partial charge is 0.0621 e. The van der Waals surface area contributed by atoms with Crippen LogP contribution in [0.4, 0.5) is 0 Å². The average molecular weight is 245 g/mol. The minimum atomic E-state index is -0.145. The van der Waals surface area contributed by atoms with E-state index in [2.05, 4.69) is 44.3 Å². The number of aliphatic hydroxyl groups excluding tert-OH is 1. The van der Waals surface area contributed by atoms with Gasteiger partial charge < -0.3 is 10.4 Å². The van der Waals surface area contributed by atoms with E-state index in [-0.39, 0.29) is 11.5 Å². The highest BCUT2D eigenvalue weighted by molar-refractivity contribution is 5.37. The fraction of sp³-hybridized carbons (Fsp3) is 0.625. The first-order chi connectivity index (χ1) is 8.48. The van der Waals surface area contributed by atoms with Gasteiger partial charge in [0.15, 0.2) is 0 Å². The van der Waals surface area contributed by atoms with E-state index in [4.69, 9.17) is 0 Å². The molecule has 2 heteroatoms. The van der Waals surface area contributed by atoms with Gasteiger partial charge in [-0.2, -0.15) is 0 Å². The van der Waals surface area contributed by atoms with Gasteiger partial charge in [-0.05, 0) is 37.3 Å². The molecular formula is C16H23NO. The van der Waals surface area contributed by atoms with Crippen molar-refractivity contribution in [3.63, 3.8) is 0 Å². The summed E-state index contributed by atoms with van der Waals surface area (Å²) in [5, 5.41) is 13.6. The van der Waals surface area contributed by atoms with Crippen molar-refractivity contribution in [2.75, 3.05) is 0 Å². The Morgan fingerprint density at radius 3 is 2.78 bits per heavy atom. The highest BCUT2D eigenvalue weighted by atomic mass is 16.3. The predicted octanol–water partition coefficient (Wildman–Crippen LogP) is 2.73. The molecule has 0 aromatic heterocycles. The Labute approximate surface area is 109 Å². The Kier molecular flexibility index (Phi) is 2.76. The number of hydrogen-bond donors (Lipinski definition) is 2. The van der Waals surface area contributed by atoms with Crippen molar-refractivity contribution in [3.8, 4) is 0 Å². The minimum absolute atomic E-state index is 0.0204. The molecule has 0 aliphatic heterocycles. The van der Waals surface area contributed by atoms with Crippen LogP contribution in [-0.4, -0.2) is 17.3 Å². The molecule has 1 aromatic rings. The minimum Gasteiger partial charge on any atom is -0.392 e. The Balaban J connectivity index is 1.76. The summed E-state index contributed by atoms with van der Waals surface area (Å²) in [6.07, 6.45) is 3.13. The molecule has 2 N–H and O–H groups in total. The topological polar surface area (TPSA) is 32.3 Å². The summed E-state index contributed by atoms with van der Waals surface area (Å²) >= 11 is 0. The fourth-order valence-electron chi connectivity index (χ4n) is 3.32. The zero-order chi connectivity index (χ0) is 12.9. The first kappa shape index (κ1) is 12.2. The normalized spacial score (nSPS) is 33.0. The summed E-state index contributed by atoms with van der Waals surface area (Å²) < 4.78 is 0. The van der Waals surface area contributed by atoms with Gasteiger partial charge in [0.2, 0.25) is 0 Å². The molecule has 2 aliphatic carbocycles. The van der Waals surface area contributed by atoms with E-state index < -0.39 is 0 Å². The lowest BCUT2D eigenvalue weighted by atomic mass is 9.64. The summed E-state index contributed by atoms with van der Waals surface area (Å²) in [7, 11) is 0. The monoisotopic (exact) mass is 245 g/mol. The van der Waals surface area contributed by atoms with Crippen molar-refractivity contribution in [2.45, 2.75) is 58.2 Å². The van der Waals surface area contributed by atoms with Gasteiger partial charge >= 0.3 is 0 Å². The van der Waals surface area contributed by atoms with Gasteiger partial charge in [-0.3, -0.25) is 0 Å². The molecule has 0 heterocycles. The Hall–Kier alpha value is -0.860. The van der Waals surface area contributed by atoms with Gasteiger partial charge in [0.25, 0.3) is 0 Å².